The number of nitrogens with one attached hydrogen (secondary N) is 2. The van der Waals surface area contributed by atoms with Crippen LogP contribution in [0.4, 0.5) is 10.5 Å². The molecule has 35 heavy (non-hydrogen) atoms. The highest BCUT2D eigenvalue weighted by Crippen LogP contribution is 2.30. The molecule has 3 amide bonds. The van der Waals surface area contributed by atoms with E-state index < -0.39 is 5.60 Å². The second kappa shape index (κ2) is 10.6. The lowest BCUT2D eigenvalue weighted by Gasteiger charge is -2.43. The number of imide groups is 1. The van der Waals surface area contributed by atoms with Gasteiger partial charge in [-0.1, -0.05) is 12.1 Å². The van der Waals surface area contributed by atoms with Crippen LogP contribution in [0.1, 0.15) is 70.8 Å². The standard InChI is InChI=1S/C27H40N4O4/c1-27(2,3)35-26(34)28-20-15-22(16-20)30(4)17-18-11-13-31(14-12-18)21-7-5-19(6-8-21)23-9-10-24(32)29-25(23)33/h5-8,18,20,22-23H,9-17H2,1-4H3,(H,28,34)(H,29,32,33). The normalized spacial score (nSPS) is 25.7. The lowest BCUT2D eigenvalue weighted by atomic mass is 9.84. The van der Waals surface area contributed by atoms with Crippen LogP contribution in [-0.4, -0.2) is 67.2 Å². The molecule has 0 radical (unpaired) electrons. The van der Waals surface area contributed by atoms with E-state index in [0.29, 0.717) is 24.8 Å². The maximum Gasteiger partial charge on any atom is 0.407 e. The van der Waals surface area contributed by atoms with Crippen LogP contribution in [0.25, 0.3) is 0 Å². The van der Waals surface area contributed by atoms with Gasteiger partial charge in [-0.2, -0.15) is 0 Å². The number of anilines is 1. The molecule has 0 spiro atoms. The number of hydrogen-bond donors (Lipinski definition) is 2. The molecule has 2 saturated heterocycles. The predicted molar refractivity (Wildman–Crippen MR) is 135 cm³/mol. The summed E-state index contributed by atoms with van der Waals surface area (Å²) < 4.78 is 5.36. The van der Waals surface area contributed by atoms with Crippen LogP contribution in [0, 0.1) is 5.92 Å². The Morgan fingerprint density at radius 1 is 1.11 bits per heavy atom. The van der Waals surface area contributed by atoms with Crippen molar-refractivity contribution < 1.29 is 19.1 Å². The monoisotopic (exact) mass is 484 g/mol. The molecule has 2 N–H and O–H groups in total. The fourth-order valence-corrected chi connectivity index (χ4v) is 5.40. The quantitative estimate of drug-likeness (QED) is 0.602. The second-order valence-corrected chi connectivity index (χ2v) is 11.4. The van der Waals surface area contributed by atoms with E-state index in [-0.39, 0.29) is 29.9 Å². The van der Waals surface area contributed by atoms with Crippen molar-refractivity contribution >= 4 is 23.6 Å². The van der Waals surface area contributed by atoms with Gasteiger partial charge in [-0.05, 0) is 83.5 Å². The molecule has 1 aromatic rings. The highest BCUT2D eigenvalue weighted by atomic mass is 16.6. The van der Waals surface area contributed by atoms with Crippen LogP contribution in [0.3, 0.4) is 0 Å². The highest BCUT2D eigenvalue weighted by molar-refractivity contribution is 6.00. The SMILES string of the molecule is CN(CC1CCN(c2ccc(C3CCC(=O)NC3=O)cc2)CC1)C1CC(NC(=O)OC(C)(C)C)C1. The number of hydrogen-bond acceptors (Lipinski definition) is 6. The van der Waals surface area contributed by atoms with Gasteiger partial charge >= 0.3 is 6.09 Å². The number of carbonyl (C=O) groups is 3. The van der Waals surface area contributed by atoms with Gasteiger partial charge in [0.2, 0.25) is 11.8 Å². The van der Waals surface area contributed by atoms with Gasteiger partial charge in [0.05, 0.1) is 5.92 Å². The molecule has 192 valence electrons. The molecule has 4 rings (SSSR count). The Balaban J connectivity index is 1.17. The highest BCUT2D eigenvalue weighted by Gasteiger charge is 2.35. The third-order valence-corrected chi connectivity index (χ3v) is 7.52. The molecule has 8 nitrogen and oxygen atoms in total. The Bertz CT molecular complexity index is 912. The first-order chi connectivity index (χ1) is 16.6. The lowest BCUT2D eigenvalue weighted by molar-refractivity contribution is -0.134. The average Bonchev–Trinajstić information content (AvgIpc) is 2.75. The predicted octanol–water partition coefficient (Wildman–Crippen LogP) is 3.41. The molecule has 1 aromatic carbocycles. The molecular weight excluding hydrogens is 444 g/mol. The van der Waals surface area contributed by atoms with Crippen molar-refractivity contribution in [1.29, 1.82) is 0 Å². The zero-order valence-corrected chi connectivity index (χ0v) is 21.5. The maximum atomic E-state index is 12.1. The van der Waals surface area contributed by atoms with Crippen molar-refractivity contribution in [3.8, 4) is 0 Å². The van der Waals surface area contributed by atoms with Gasteiger partial charge in [0.15, 0.2) is 0 Å². The Morgan fingerprint density at radius 3 is 2.37 bits per heavy atom. The van der Waals surface area contributed by atoms with Crippen LogP contribution in [0.5, 0.6) is 0 Å². The largest absolute Gasteiger partial charge is 0.444 e. The van der Waals surface area contributed by atoms with Gasteiger partial charge in [0, 0.05) is 43.8 Å². The van der Waals surface area contributed by atoms with Crippen LogP contribution in [0.2, 0.25) is 0 Å². The third-order valence-electron chi connectivity index (χ3n) is 7.52. The zero-order valence-electron chi connectivity index (χ0n) is 21.5. The van der Waals surface area contributed by atoms with Crippen molar-refractivity contribution in [3.63, 3.8) is 0 Å². The molecule has 1 unspecified atom stereocenters. The smallest absolute Gasteiger partial charge is 0.407 e. The first-order valence-electron chi connectivity index (χ1n) is 13.0. The molecule has 1 atom stereocenters. The fraction of sp³-hybridized carbons (Fsp3) is 0.667. The summed E-state index contributed by atoms with van der Waals surface area (Å²) in [6.45, 7) is 8.79. The minimum atomic E-state index is -0.464. The van der Waals surface area contributed by atoms with Gasteiger partial charge < -0.3 is 19.9 Å². The van der Waals surface area contributed by atoms with Crippen molar-refractivity contribution in [1.82, 2.24) is 15.5 Å². The summed E-state index contributed by atoms with van der Waals surface area (Å²) in [7, 11) is 2.20. The minimum absolute atomic E-state index is 0.175. The Kier molecular flexibility index (Phi) is 7.69. The third kappa shape index (κ3) is 6.75. The Labute approximate surface area is 208 Å². The summed E-state index contributed by atoms with van der Waals surface area (Å²) in [6, 6.07) is 9.02. The van der Waals surface area contributed by atoms with E-state index in [0.717, 1.165) is 50.9 Å². The molecule has 0 bridgehead atoms. The van der Waals surface area contributed by atoms with Gasteiger partial charge in [0.1, 0.15) is 5.60 Å². The van der Waals surface area contributed by atoms with Crippen molar-refractivity contribution in [2.75, 3.05) is 31.6 Å². The summed E-state index contributed by atoms with van der Waals surface area (Å²) in [5.74, 6) is 0.0913. The molecular formula is C27H40N4O4. The lowest BCUT2D eigenvalue weighted by Crippen LogP contribution is -2.54. The molecule has 1 aliphatic carbocycles. The van der Waals surface area contributed by atoms with Gasteiger partial charge in [-0.15, -0.1) is 0 Å². The molecule has 3 fully saturated rings. The topological polar surface area (TPSA) is 91.0 Å². The van der Waals surface area contributed by atoms with E-state index in [1.807, 2.05) is 32.9 Å². The van der Waals surface area contributed by atoms with Crippen molar-refractivity contribution in [3.05, 3.63) is 29.8 Å². The summed E-state index contributed by atoms with van der Waals surface area (Å²) in [6.07, 6.45) is 4.95. The molecule has 2 aliphatic heterocycles. The average molecular weight is 485 g/mol. The second-order valence-electron chi connectivity index (χ2n) is 11.4. The van der Waals surface area contributed by atoms with E-state index in [2.05, 4.69) is 39.6 Å². The zero-order chi connectivity index (χ0) is 25.2. The first kappa shape index (κ1) is 25.5. The minimum Gasteiger partial charge on any atom is -0.444 e. The molecule has 8 heteroatoms. The number of ether oxygens (including phenoxy) is 1. The Morgan fingerprint density at radius 2 is 1.77 bits per heavy atom. The number of rotatable bonds is 6. The fourth-order valence-electron chi connectivity index (χ4n) is 5.40. The number of nitrogens with zero attached hydrogens (tertiary/aromatic N) is 2. The summed E-state index contributed by atoms with van der Waals surface area (Å²) in [5.41, 5.74) is 1.72. The van der Waals surface area contributed by atoms with Crippen LogP contribution in [-0.2, 0) is 14.3 Å². The van der Waals surface area contributed by atoms with Crippen molar-refractivity contribution in [2.24, 2.45) is 5.92 Å². The maximum absolute atomic E-state index is 12.1. The molecule has 1 saturated carbocycles. The van der Waals surface area contributed by atoms with E-state index in [4.69, 9.17) is 4.74 Å². The molecule has 3 aliphatic rings. The Hall–Kier alpha value is -2.61. The van der Waals surface area contributed by atoms with Crippen LogP contribution < -0.4 is 15.5 Å². The summed E-state index contributed by atoms with van der Waals surface area (Å²) in [4.78, 5) is 40.4. The van der Waals surface area contributed by atoms with E-state index >= 15 is 0 Å². The first-order valence-corrected chi connectivity index (χ1v) is 13.0. The number of carbonyl (C=O) groups excluding carboxylic acids is 3. The van der Waals surface area contributed by atoms with Gasteiger partial charge in [-0.3, -0.25) is 14.9 Å². The van der Waals surface area contributed by atoms with Crippen LogP contribution >= 0.6 is 0 Å². The summed E-state index contributed by atoms with van der Waals surface area (Å²) in [5, 5.41) is 5.43. The number of piperidine rings is 2. The van der Waals surface area contributed by atoms with E-state index in [1.165, 1.54) is 5.69 Å². The number of benzene rings is 1. The van der Waals surface area contributed by atoms with Crippen molar-refractivity contribution in [2.45, 2.75) is 82.9 Å². The van der Waals surface area contributed by atoms with Crippen LogP contribution in [0.15, 0.2) is 24.3 Å². The number of alkyl carbamates (subject to hydrolysis) is 1. The van der Waals surface area contributed by atoms with Gasteiger partial charge in [0.25, 0.3) is 0 Å². The number of amides is 3. The molecule has 2 heterocycles. The summed E-state index contributed by atoms with van der Waals surface area (Å²) >= 11 is 0. The molecule has 0 aromatic heterocycles. The van der Waals surface area contributed by atoms with E-state index in [1.54, 1.807) is 0 Å². The van der Waals surface area contributed by atoms with E-state index in [9.17, 15) is 14.4 Å². The van der Waals surface area contributed by atoms with Gasteiger partial charge in [-0.25, -0.2) is 4.79 Å².